The van der Waals surface area contributed by atoms with Gasteiger partial charge < -0.3 is 0 Å². The van der Waals surface area contributed by atoms with Crippen molar-refractivity contribution in [3.63, 3.8) is 0 Å². The number of benzene rings is 1. The van der Waals surface area contributed by atoms with Crippen molar-refractivity contribution in [3.05, 3.63) is 29.8 Å². The van der Waals surface area contributed by atoms with Gasteiger partial charge in [0.15, 0.2) is 5.78 Å². The Hall–Kier alpha value is -0.800. The first-order valence-electron chi connectivity index (χ1n) is 6.17. The van der Waals surface area contributed by atoms with Gasteiger partial charge in [-0.3, -0.25) is 9.69 Å². The van der Waals surface area contributed by atoms with Crippen molar-refractivity contribution in [2.24, 2.45) is 5.41 Å². The van der Waals surface area contributed by atoms with Crippen molar-refractivity contribution in [2.45, 2.75) is 25.7 Å². The normalized spacial score (nSPS) is 11.9. The second kappa shape index (κ2) is 6.39. The van der Waals surface area contributed by atoms with Crippen LogP contribution >= 0.6 is 11.8 Å². The SMILES string of the molecule is CSc1ccc(C(=O)CN(C)CC(C)(C)C)cc1. The molecule has 0 saturated carbocycles. The van der Waals surface area contributed by atoms with E-state index < -0.39 is 0 Å². The highest BCUT2D eigenvalue weighted by molar-refractivity contribution is 7.98. The summed E-state index contributed by atoms with van der Waals surface area (Å²) in [5.41, 5.74) is 1.02. The second-order valence-corrected chi connectivity index (χ2v) is 6.76. The summed E-state index contributed by atoms with van der Waals surface area (Å²) in [5.74, 6) is 0.189. The fraction of sp³-hybridized carbons (Fsp3) is 0.533. The fourth-order valence-electron chi connectivity index (χ4n) is 1.98. The van der Waals surface area contributed by atoms with Crippen molar-refractivity contribution in [3.8, 4) is 0 Å². The number of rotatable bonds is 5. The predicted molar refractivity (Wildman–Crippen MR) is 79.5 cm³/mol. The molecule has 0 atom stereocenters. The summed E-state index contributed by atoms with van der Waals surface area (Å²) in [4.78, 5) is 15.4. The van der Waals surface area contributed by atoms with Gasteiger partial charge >= 0.3 is 0 Å². The molecule has 100 valence electrons. The summed E-state index contributed by atoms with van der Waals surface area (Å²) >= 11 is 1.69. The molecule has 1 aromatic rings. The quantitative estimate of drug-likeness (QED) is 0.599. The van der Waals surface area contributed by atoms with E-state index in [1.54, 1.807) is 11.8 Å². The molecule has 0 radical (unpaired) electrons. The Bertz CT molecular complexity index is 392. The number of hydrogen-bond acceptors (Lipinski definition) is 3. The van der Waals surface area contributed by atoms with Crippen LogP contribution in [0, 0.1) is 5.41 Å². The van der Waals surface area contributed by atoms with Crippen molar-refractivity contribution in [1.82, 2.24) is 4.90 Å². The highest BCUT2D eigenvalue weighted by Crippen LogP contribution is 2.16. The predicted octanol–water partition coefficient (Wildman–Crippen LogP) is 3.57. The highest BCUT2D eigenvalue weighted by atomic mass is 32.2. The Balaban J connectivity index is 2.59. The average molecular weight is 265 g/mol. The molecule has 0 aliphatic rings. The highest BCUT2D eigenvalue weighted by Gasteiger charge is 2.16. The Labute approximate surface area is 115 Å². The van der Waals surface area contributed by atoms with Crippen molar-refractivity contribution in [2.75, 3.05) is 26.4 Å². The molecule has 1 aromatic carbocycles. The molecule has 3 heteroatoms. The molecule has 0 bridgehead atoms. The summed E-state index contributed by atoms with van der Waals surface area (Å²) in [5, 5.41) is 0. The summed E-state index contributed by atoms with van der Waals surface area (Å²) < 4.78 is 0. The maximum atomic E-state index is 12.1. The summed E-state index contributed by atoms with van der Waals surface area (Å²) in [6, 6.07) is 7.83. The number of Topliss-reactive ketones (excluding diaryl/α,β-unsaturated/α-hetero) is 1. The number of hydrogen-bond donors (Lipinski definition) is 0. The number of thioether (sulfide) groups is 1. The van der Waals surface area contributed by atoms with Crippen LogP contribution in [-0.2, 0) is 0 Å². The molecular formula is C15H23NOS. The number of likely N-dealkylation sites (N-methyl/N-ethyl adjacent to an activating group) is 1. The van der Waals surface area contributed by atoms with Gasteiger partial charge in [0, 0.05) is 17.0 Å². The van der Waals surface area contributed by atoms with E-state index in [0.29, 0.717) is 6.54 Å². The van der Waals surface area contributed by atoms with Gasteiger partial charge in [-0.05, 0) is 30.9 Å². The van der Waals surface area contributed by atoms with Crippen LogP contribution in [0.4, 0.5) is 0 Å². The van der Waals surface area contributed by atoms with E-state index >= 15 is 0 Å². The molecule has 1 rings (SSSR count). The average Bonchev–Trinajstić information content (AvgIpc) is 2.26. The molecule has 0 spiro atoms. The van der Waals surface area contributed by atoms with Crippen molar-refractivity contribution in [1.29, 1.82) is 0 Å². The van der Waals surface area contributed by atoms with Crippen LogP contribution in [0.5, 0.6) is 0 Å². The molecule has 18 heavy (non-hydrogen) atoms. The molecule has 0 heterocycles. The maximum absolute atomic E-state index is 12.1. The molecule has 0 aliphatic heterocycles. The summed E-state index contributed by atoms with van der Waals surface area (Å²) in [7, 11) is 2.00. The van der Waals surface area contributed by atoms with E-state index in [-0.39, 0.29) is 11.2 Å². The third-order valence-corrected chi connectivity index (χ3v) is 3.31. The minimum Gasteiger partial charge on any atom is -0.298 e. The third-order valence-electron chi connectivity index (χ3n) is 2.57. The Morgan fingerprint density at radius 1 is 1.22 bits per heavy atom. The molecule has 0 fully saturated rings. The lowest BCUT2D eigenvalue weighted by Gasteiger charge is -2.25. The van der Waals surface area contributed by atoms with E-state index in [2.05, 4.69) is 25.7 Å². The molecule has 2 nitrogen and oxygen atoms in total. The van der Waals surface area contributed by atoms with Gasteiger partial charge in [0.2, 0.25) is 0 Å². The van der Waals surface area contributed by atoms with Gasteiger partial charge in [0.25, 0.3) is 0 Å². The lowest BCUT2D eigenvalue weighted by atomic mass is 9.96. The Morgan fingerprint density at radius 2 is 1.78 bits per heavy atom. The Kier molecular flexibility index (Phi) is 5.42. The second-order valence-electron chi connectivity index (χ2n) is 5.88. The molecule has 0 N–H and O–H groups in total. The van der Waals surface area contributed by atoms with Crippen LogP contribution in [0.15, 0.2) is 29.2 Å². The van der Waals surface area contributed by atoms with E-state index in [1.807, 2.05) is 37.6 Å². The number of carbonyl (C=O) groups is 1. The topological polar surface area (TPSA) is 20.3 Å². The molecule has 0 aliphatic carbocycles. The third kappa shape index (κ3) is 5.23. The van der Waals surface area contributed by atoms with Crippen LogP contribution in [0.3, 0.4) is 0 Å². The van der Waals surface area contributed by atoms with Crippen LogP contribution in [0.25, 0.3) is 0 Å². The number of ketones is 1. The monoisotopic (exact) mass is 265 g/mol. The maximum Gasteiger partial charge on any atom is 0.176 e. The first-order chi connectivity index (χ1) is 8.31. The Morgan fingerprint density at radius 3 is 2.22 bits per heavy atom. The van der Waals surface area contributed by atoms with Gasteiger partial charge in [-0.25, -0.2) is 0 Å². The zero-order valence-electron chi connectivity index (χ0n) is 12.0. The molecule has 0 unspecified atom stereocenters. The van der Waals surface area contributed by atoms with Crippen LogP contribution < -0.4 is 0 Å². The zero-order valence-corrected chi connectivity index (χ0v) is 12.8. The van der Waals surface area contributed by atoms with E-state index in [1.165, 1.54) is 4.90 Å². The largest absolute Gasteiger partial charge is 0.298 e. The molecular weight excluding hydrogens is 242 g/mol. The lowest BCUT2D eigenvalue weighted by molar-refractivity contribution is 0.0927. The van der Waals surface area contributed by atoms with Gasteiger partial charge in [-0.1, -0.05) is 32.9 Å². The first kappa shape index (κ1) is 15.3. The van der Waals surface area contributed by atoms with Crippen LogP contribution in [0.2, 0.25) is 0 Å². The lowest BCUT2D eigenvalue weighted by Crippen LogP contribution is -2.33. The number of nitrogens with zero attached hydrogens (tertiary/aromatic N) is 1. The van der Waals surface area contributed by atoms with Crippen molar-refractivity contribution < 1.29 is 4.79 Å². The molecule has 0 amide bonds. The van der Waals surface area contributed by atoms with Crippen LogP contribution in [0.1, 0.15) is 31.1 Å². The summed E-state index contributed by atoms with van der Waals surface area (Å²) in [6.45, 7) is 7.95. The van der Waals surface area contributed by atoms with Crippen molar-refractivity contribution >= 4 is 17.5 Å². The minimum atomic E-state index is 0.189. The first-order valence-corrected chi connectivity index (χ1v) is 7.40. The molecule has 0 saturated heterocycles. The number of carbonyl (C=O) groups excluding carboxylic acids is 1. The van der Waals surface area contributed by atoms with Crippen LogP contribution in [-0.4, -0.2) is 37.1 Å². The standard InChI is InChI=1S/C15H23NOS/c1-15(2,3)11-16(4)10-14(17)12-6-8-13(18-5)9-7-12/h6-9H,10-11H2,1-5H3. The zero-order chi connectivity index (χ0) is 13.8. The van der Waals surface area contributed by atoms with Gasteiger partial charge in [0.05, 0.1) is 6.54 Å². The summed E-state index contributed by atoms with van der Waals surface area (Å²) in [6.07, 6.45) is 2.04. The smallest absolute Gasteiger partial charge is 0.176 e. The van der Waals surface area contributed by atoms with Gasteiger partial charge in [-0.15, -0.1) is 11.8 Å². The van der Waals surface area contributed by atoms with Gasteiger partial charge in [-0.2, -0.15) is 0 Å². The van der Waals surface area contributed by atoms with E-state index in [0.717, 1.165) is 12.1 Å². The minimum absolute atomic E-state index is 0.189. The fourth-order valence-corrected chi connectivity index (χ4v) is 2.39. The van der Waals surface area contributed by atoms with Gasteiger partial charge in [0.1, 0.15) is 0 Å². The molecule has 0 aromatic heterocycles. The van der Waals surface area contributed by atoms with E-state index in [4.69, 9.17) is 0 Å². The van der Waals surface area contributed by atoms with E-state index in [9.17, 15) is 4.79 Å².